The predicted octanol–water partition coefficient (Wildman–Crippen LogP) is 2.65. The molecule has 5 nitrogen and oxygen atoms in total. The molecule has 0 heterocycles. The molecular weight excluding hydrogens is 469 g/mol. The predicted molar refractivity (Wildman–Crippen MR) is 111 cm³/mol. The van der Waals surface area contributed by atoms with E-state index in [9.17, 15) is 8.42 Å². The van der Waals surface area contributed by atoms with Gasteiger partial charge in [-0.2, -0.15) is 0 Å². The SMILES string of the molecule is CN=C(NCCCS(C)(=O)=O)NCCSc1ccc(Cl)cc1.I. The highest BCUT2D eigenvalue weighted by Crippen LogP contribution is 2.19. The summed E-state index contributed by atoms with van der Waals surface area (Å²) in [6.07, 6.45) is 1.81. The van der Waals surface area contributed by atoms with Gasteiger partial charge in [-0.15, -0.1) is 35.7 Å². The number of benzene rings is 1. The molecule has 23 heavy (non-hydrogen) atoms. The van der Waals surface area contributed by atoms with Gasteiger partial charge in [-0.05, 0) is 30.7 Å². The molecule has 2 N–H and O–H groups in total. The van der Waals surface area contributed by atoms with Crippen LogP contribution in [0.2, 0.25) is 5.02 Å². The maximum Gasteiger partial charge on any atom is 0.191 e. The topological polar surface area (TPSA) is 70.6 Å². The zero-order chi connectivity index (χ0) is 16.4. The van der Waals surface area contributed by atoms with Gasteiger partial charge in [0.1, 0.15) is 9.84 Å². The number of halogens is 2. The number of sulfone groups is 1. The number of rotatable bonds is 8. The number of nitrogens with zero attached hydrogens (tertiary/aromatic N) is 1. The Bertz CT molecular complexity index is 580. The summed E-state index contributed by atoms with van der Waals surface area (Å²) >= 11 is 7.57. The summed E-state index contributed by atoms with van der Waals surface area (Å²) in [5.74, 6) is 1.76. The average molecular weight is 492 g/mol. The first-order chi connectivity index (χ1) is 10.4. The molecule has 0 aliphatic carbocycles. The Morgan fingerprint density at radius 3 is 2.39 bits per heavy atom. The van der Waals surface area contributed by atoms with Crippen molar-refractivity contribution in [3.8, 4) is 0 Å². The molecule has 0 bridgehead atoms. The fourth-order valence-electron chi connectivity index (χ4n) is 1.63. The molecule has 0 fully saturated rings. The summed E-state index contributed by atoms with van der Waals surface area (Å²) in [7, 11) is -1.20. The van der Waals surface area contributed by atoms with Crippen molar-refractivity contribution in [2.24, 2.45) is 4.99 Å². The van der Waals surface area contributed by atoms with Crippen molar-refractivity contribution in [2.45, 2.75) is 11.3 Å². The molecule has 0 spiro atoms. The summed E-state index contributed by atoms with van der Waals surface area (Å²) in [4.78, 5) is 5.27. The number of aliphatic imine (C=N–C) groups is 1. The number of hydrogen-bond acceptors (Lipinski definition) is 4. The molecule has 0 atom stereocenters. The number of nitrogens with one attached hydrogen (secondary N) is 2. The van der Waals surface area contributed by atoms with Crippen LogP contribution in [-0.2, 0) is 9.84 Å². The Kier molecular flexibility index (Phi) is 12.1. The zero-order valence-corrected chi connectivity index (χ0v) is 17.9. The fraction of sp³-hybridized carbons (Fsp3) is 0.500. The van der Waals surface area contributed by atoms with Crippen molar-refractivity contribution in [3.05, 3.63) is 29.3 Å². The minimum Gasteiger partial charge on any atom is -0.356 e. The third-order valence-electron chi connectivity index (χ3n) is 2.68. The van der Waals surface area contributed by atoms with E-state index in [1.807, 2.05) is 24.3 Å². The lowest BCUT2D eigenvalue weighted by molar-refractivity contribution is 0.598. The Hall–Kier alpha value is -0.190. The van der Waals surface area contributed by atoms with E-state index in [-0.39, 0.29) is 29.7 Å². The lowest BCUT2D eigenvalue weighted by Gasteiger charge is -2.11. The van der Waals surface area contributed by atoms with E-state index in [0.717, 1.165) is 17.3 Å². The van der Waals surface area contributed by atoms with Crippen LogP contribution in [0.3, 0.4) is 0 Å². The van der Waals surface area contributed by atoms with Gasteiger partial charge in [0.2, 0.25) is 0 Å². The van der Waals surface area contributed by atoms with Crippen molar-refractivity contribution < 1.29 is 8.42 Å². The molecule has 0 amide bonds. The molecule has 1 aromatic carbocycles. The quantitative estimate of drug-likeness (QED) is 0.192. The molecule has 0 unspecified atom stereocenters. The van der Waals surface area contributed by atoms with Crippen LogP contribution < -0.4 is 10.6 Å². The number of guanidine groups is 1. The summed E-state index contributed by atoms with van der Waals surface area (Å²) in [5, 5.41) is 7.02. The van der Waals surface area contributed by atoms with E-state index in [1.54, 1.807) is 18.8 Å². The minimum atomic E-state index is -2.90. The lowest BCUT2D eigenvalue weighted by atomic mass is 10.4. The summed E-state index contributed by atoms with van der Waals surface area (Å²) in [6, 6.07) is 7.73. The van der Waals surface area contributed by atoms with Crippen molar-refractivity contribution in [1.29, 1.82) is 0 Å². The molecule has 0 aromatic heterocycles. The van der Waals surface area contributed by atoms with Gasteiger partial charge in [0.05, 0.1) is 5.75 Å². The maximum absolute atomic E-state index is 11.0. The van der Waals surface area contributed by atoms with Crippen LogP contribution >= 0.6 is 47.3 Å². The van der Waals surface area contributed by atoms with Crippen molar-refractivity contribution >= 4 is 63.1 Å². The van der Waals surface area contributed by atoms with Gasteiger partial charge in [0.15, 0.2) is 5.96 Å². The standard InChI is InChI=1S/C14H22ClN3O2S2.HI/c1-16-14(17-8-3-11-22(2,19)20)18-9-10-21-13-6-4-12(15)5-7-13;/h4-7H,3,8-11H2,1-2H3,(H2,16,17,18);1H. The molecule has 0 aliphatic rings. The largest absolute Gasteiger partial charge is 0.356 e. The molecule has 1 rings (SSSR count). The minimum absolute atomic E-state index is 0. The van der Waals surface area contributed by atoms with Crippen molar-refractivity contribution in [2.75, 3.05) is 37.9 Å². The van der Waals surface area contributed by atoms with Gasteiger partial charge in [-0.1, -0.05) is 11.6 Å². The molecule has 0 radical (unpaired) electrons. The highest BCUT2D eigenvalue weighted by molar-refractivity contribution is 14.0. The first-order valence-electron chi connectivity index (χ1n) is 6.91. The average Bonchev–Trinajstić information content (AvgIpc) is 2.46. The fourth-order valence-corrected chi connectivity index (χ4v) is 3.19. The van der Waals surface area contributed by atoms with E-state index in [0.29, 0.717) is 18.9 Å². The van der Waals surface area contributed by atoms with E-state index in [4.69, 9.17) is 11.6 Å². The molecule has 0 saturated carbocycles. The molecular formula is C14H23ClIN3O2S2. The van der Waals surface area contributed by atoms with Crippen molar-refractivity contribution in [1.82, 2.24) is 10.6 Å². The second-order valence-electron chi connectivity index (χ2n) is 4.71. The Balaban J connectivity index is 0.00000484. The Morgan fingerprint density at radius 1 is 1.22 bits per heavy atom. The summed E-state index contributed by atoms with van der Waals surface area (Å²) < 4.78 is 22.1. The molecule has 0 saturated heterocycles. The molecule has 9 heteroatoms. The molecule has 0 aliphatic heterocycles. The van der Waals surface area contributed by atoms with Gasteiger partial charge in [-0.25, -0.2) is 8.42 Å². The highest BCUT2D eigenvalue weighted by Gasteiger charge is 2.02. The first kappa shape index (κ1) is 22.8. The van der Waals surface area contributed by atoms with Crippen LogP contribution in [0.5, 0.6) is 0 Å². The second kappa shape index (κ2) is 12.2. The zero-order valence-electron chi connectivity index (χ0n) is 13.2. The summed E-state index contributed by atoms with van der Waals surface area (Å²) in [6.45, 7) is 1.34. The Labute approximate surface area is 165 Å². The molecule has 1 aromatic rings. The van der Waals surface area contributed by atoms with E-state index in [1.165, 1.54) is 11.2 Å². The summed E-state index contributed by atoms with van der Waals surface area (Å²) in [5.41, 5.74) is 0. The van der Waals surface area contributed by atoms with Crippen molar-refractivity contribution in [3.63, 3.8) is 0 Å². The van der Waals surface area contributed by atoms with Crippen LogP contribution in [0.1, 0.15) is 6.42 Å². The smallest absolute Gasteiger partial charge is 0.191 e. The van der Waals surface area contributed by atoms with Crippen LogP contribution in [0.4, 0.5) is 0 Å². The van der Waals surface area contributed by atoms with Crippen LogP contribution in [-0.4, -0.2) is 52.3 Å². The first-order valence-corrected chi connectivity index (χ1v) is 10.3. The van der Waals surface area contributed by atoms with Gasteiger partial charge in [0, 0.05) is 42.1 Å². The highest BCUT2D eigenvalue weighted by atomic mass is 127. The molecule has 132 valence electrons. The monoisotopic (exact) mass is 491 g/mol. The van der Waals surface area contributed by atoms with Crippen LogP contribution in [0.15, 0.2) is 34.2 Å². The van der Waals surface area contributed by atoms with Crippen LogP contribution in [0, 0.1) is 0 Å². The second-order valence-corrected chi connectivity index (χ2v) is 8.58. The van der Waals surface area contributed by atoms with E-state index >= 15 is 0 Å². The maximum atomic E-state index is 11.0. The van der Waals surface area contributed by atoms with E-state index in [2.05, 4.69) is 15.6 Å². The third kappa shape index (κ3) is 11.9. The van der Waals surface area contributed by atoms with Gasteiger partial charge in [-0.3, -0.25) is 4.99 Å². The van der Waals surface area contributed by atoms with Gasteiger partial charge >= 0.3 is 0 Å². The van der Waals surface area contributed by atoms with Gasteiger partial charge in [0.25, 0.3) is 0 Å². The lowest BCUT2D eigenvalue weighted by Crippen LogP contribution is -2.39. The third-order valence-corrected chi connectivity index (χ3v) is 4.98. The number of thioether (sulfide) groups is 1. The number of hydrogen-bond donors (Lipinski definition) is 2. The normalized spacial score (nSPS) is 11.7. The Morgan fingerprint density at radius 2 is 1.83 bits per heavy atom. The van der Waals surface area contributed by atoms with Gasteiger partial charge < -0.3 is 10.6 Å². The van der Waals surface area contributed by atoms with Crippen LogP contribution in [0.25, 0.3) is 0 Å². The van der Waals surface area contributed by atoms with E-state index < -0.39 is 9.84 Å².